The van der Waals surface area contributed by atoms with Crippen LogP contribution in [0.15, 0.2) is 54.7 Å². The normalized spacial score (nSPS) is 21.0. The number of thiophene rings is 1. The second kappa shape index (κ2) is 8.65. The van der Waals surface area contributed by atoms with Gasteiger partial charge in [-0.1, -0.05) is 18.2 Å². The molecule has 4 aromatic rings. The molecule has 4 nitrogen and oxygen atoms in total. The standard InChI is InChI=1S/C26H30N2O2S/c1-17-5-3-8-25-22(17)14-26(31-25)19-10-12-28(18(2)13-19)15-20(29)16-30-24-7-4-6-23-21(24)9-11-27-23/h3-9,11,14,18-20,27,29H,10,12-13,15-16H2,1-2H3/t18-,19+,20+/m1/s1. The second-order valence-electron chi connectivity index (χ2n) is 8.86. The van der Waals surface area contributed by atoms with Gasteiger partial charge in [0.1, 0.15) is 18.5 Å². The number of fused-ring (bicyclic) bond motifs is 2. The number of aliphatic hydroxyl groups excluding tert-OH is 1. The van der Waals surface area contributed by atoms with Crippen molar-refractivity contribution in [3.63, 3.8) is 0 Å². The number of aliphatic hydroxyl groups is 1. The minimum absolute atomic E-state index is 0.312. The minimum atomic E-state index is -0.500. The van der Waals surface area contributed by atoms with Crippen molar-refractivity contribution < 1.29 is 9.84 Å². The fourth-order valence-corrected chi connectivity index (χ4v) is 6.16. The summed E-state index contributed by atoms with van der Waals surface area (Å²) >= 11 is 1.95. The molecule has 5 rings (SSSR count). The summed E-state index contributed by atoms with van der Waals surface area (Å²) < 4.78 is 7.35. The Bertz CT molecular complexity index is 1180. The highest BCUT2D eigenvalue weighted by molar-refractivity contribution is 7.19. The molecule has 1 fully saturated rings. The van der Waals surface area contributed by atoms with Gasteiger partial charge in [-0.25, -0.2) is 0 Å². The Kier molecular flexibility index (Phi) is 5.74. The number of aryl methyl sites for hydroxylation is 1. The van der Waals surface area contributed by atoms with Gasteiger partial charge in [0.25, 0.3) is 0 Å². The average Bonchev–Trinajstić information content (AvgIpc) is 3.41. The molecule has 0 saturated carbocycles. The van der Waals surface area contributed by atoms with E-state index in [1.54, 1.807) is 0 Å². The van der Waals surface area contributed by atoms with Crippen molar-refractivity contribution in [2.75, 3.05) is 19.7 Å². The van der Waals surface area contributed by atoms with E-state index in [9.17, 15) is 5.11 Å². The summed E-state index contributed by atoms with van der Waals surface area (Å²) in [5, 5.41) is 13.1. The Morgan fingerprint density at radius 2 is 2.06 bits per heavy atom. The number of aromatic amines is 1. The molecule has 0 radical (unpaired) electrons. The van der Waals surface area contributed by atoms with Gasteiger partial charge in [0.15, 0.2) is 0 Å². The Hall–Kier alpha value is -2.34. The van der Waals surface area contributed by atoms with Gasteiger partial charge in [0.2, 0.25) is 0 Å². The van der Waals surface area contributed by atoms with Crippen molar-refractivity contribution in [3.05, 3.63) is 65.2 Å². The topological polar surface area (TPSA) is 48.5 Å². The van der Waals surface area contributed by atoms with Gasteiger partial charge in [-0.15, -0.1) is 11.3 Å². The van der Waals surface area contributed by atoms with Crippen LogP contribution in [-0.2, 0) is 0 Å². The highest BCUT2D eigenvalue weighted by Crippen LogP contribution is 2.39. The van der Waals surface area contributed by atoms with Crippen molar-refractivity contribution in [1.29, 1.82) is 0 Å². The predicted octanol–water partition coefficient (Wildman–Crippen LogP) is 5.70. The third-order valence-corrected chi connectivity index (χ3v) is 7.91. The molecular formula is C26H30N2O2S. The van der Waals surface area contributed by atoms with Crippen molar-refractivity contribution in [2.24, 2.45) is 0 Å². The number of hydrogen-bond donors (Lipinski definition) is 2. The Morgan fingerprint density at radius 3 is 2.90 bits per heavy atom. The lowest BCUT2D eigenvalue weighted by molar-refractivity contribution is 0.0408. The quantitative estimate of drug-likeness (QED) is 0.409. The van der Waals surface area contributed by atoms with E-state index in [0.717, 1.165) is 36.0 Å². The van der Waals surface area contributed by atoms with Gasteiger partial charge < -0.3 is 14.8 Å². The number of β-amino-alcohol motifs (C(OH)–C–C–N with tert-alkyl or cyclic N) is 1. The number of rotatable bonds is 6. The minimum Gasteiger partial charge on any atom is -0.490 e. The fraction of sp³-hybridized carbons (Fsp3) is 0.385. The number of nitrogens with one attached hydrogen (secondary N) is 1. The van der Waals surface area contributed by atoms with Crippen molar-refractivity contribution in [2.45, 2.75) is 44.8 Å². The molecule has 0 bridgehead atoms. The molecule has 31 heavy (non-hydrogen) atoms. The molecule has 2 aromatic carbocycles. The first-order valence-electron chi connectivity index (χ1n) is 11.2. The lowest BCUT2D eigenvalue weighted by Gasteiger charge is -2.38. The van der Waals surface area contributed by atoms with E-state index in [1.165, 1.54) is 20.5 Å². The summed E-state index contributed by atoms with van der Waals surface area (Å²) in [7, 11) is 0. The molecule has 0 aliphatic carbocycles. The maximum atomic E-state index is 10.6. The van der Waals surface area contributed by atoms with Crippen LogP contribution >= 0.6 is 11.3 Å². The first-order chi connectivity index (χ1) is 15.1. The number of ether oxygens (including phenoxy) is 1. The number of benzene rings is 2. The van der Waals surface area contributed by atoms with Gasteiger partial charge in [0.05, 0.1) is 0 Å². The van der Waals surface area contributed by atoms with Crippen LogP contribution in [0.25, 0.3) is 21.0 Å². The number of piperidine rings is 1. The molecule has 0 unspecified atom stereocenters. The van der Waals surface area contributed by atoms with Gasteiger partial charge in [-0.3, -0.25) is 4.90 Å². The highest BCUT2D eigenvalue weighted by atomic mass is 32.1. The average molecular weight is 435 g/mol. The van der Waals surface area contributed by atoms with Crippen molar-refractivity contribution in [3.8, 4) is 5.75 Å². The molecule has 0 spiro atoms. The largest absolute Gasteiger partial charge is 0.490 e. The number of aromatic nitrogens is 1. The molecule has 3 atom stereocenters. The molecule has 1 aliphatic rings. The lowest BCUT2D eigenvalue weighted by atomic mass is 9.90. The molecule has 2 N–H and O–H groups in total. The molecular weight excluding hydrogens is 404 g/mol. The van der Waals surface area contributed by atoms with E-state index in [-0.39, 0.29) is 0 Å². The maximum Gasteiger partial charge on any atom is 0.128 e. The first kappa shape index (κ1) is 20.6. The number of nitrogens with zero attached hydrogens (tertiary/aromatic N) is 1. The molecule has 0 amide bonds. The van der Waals surface area contributed by atoms with Crippen LogP contribution in [-0.4, -0.2) is 46.8 Å². The van der Waals surface area contributed by atoms with Crippen molar-refractivity contribution >= 4 is 32.3 Å². The zero-order chi connectivity index (χ0) is 21.4. The highest BCUT2D eigenvalue weighted by Gasteiger charge is 2.29. The van der Waals surface area contributed by atoms with Crippen LogP contribution in [0.4, 0.5) is 0 Å². The molecule has 5 heteroatoms. The Morgan fingerprint density at radius 1 is 1.19 bits per heavy atom. The molecule has 162 valence electrons. The monoisotopic (exact) mass is 434 g/mol. The summed E-state index contributed by atoms with van der Waals surface area (Å²) in [6.07, 6.45) is 3.70. The first-order valence-corrected chi connectivity index (χ1v) is 12.0. The summed E-state index contributed by atoms with van der Waals surface area (Å²) in [5.74, 6) is 1.44. The summed E-state index contributed by atoms with van der Waals surface area (Å²) in [6.45, 7) is 6.47. The molecule has 3 heterocycles. The summed E-state index contributed by atoms with van der Waals surface area (Å²) in [5.41, 5.74) is 2.42. The predicted molar refractivity (Wildman–Crippen MR) is 129 cm³/mol. The fourth-order valence-electron chi connectivity index (χ4n) is 4.87. The molecule has 2 aromatic heterocycles. The molecule has 1 saturated heterocycles. The van der Waals surface area contributed by atoms with E-state index in [0.29, 0.717) is 25.1 Å². The third kappa shape index (κ3) is 4.22. The van der Waals surface area contributed by atoms with Gasteiger partial charge in [-0.05, 0) is 80.4 Å². The van der Waals surface area contributed by atoms with Crippen LogP contribution in [0.3, 0.4) is 0 Å². The number of H-pyrrole nitrogens is 1. The SMILES string of the molecule is Cc1cccc2sc([C@H]3CCN(C[C@H](O)COc4cccc5[nH]ccc45)[C@H](C)C3)cc12. The van der Waals surface area contributed by atoms with E-state index >= 15 is 0 Å². The number of hydrogen-bond acceptors (Lipinski definition) is 4. The van der Waals surface area contributed by atoms with Gasteiger partial charge in [0, 0.05) is 39.3 Å². The third-order valence-electron chi connectivity index (χ3n) is 6.65. The smallest absolute Gasteiger partial charge is 0.128 e. The van der Waals surface area contributed by atoms with E-state index in [1.807, 2.05) is 41.8 Å². The Balaban J connectivity index is 1.18. The summed E-state index contributed by atoms with van der Waals surface area (Å²) in [4.78, 5) is 7.13. The van der Waals surface area contributed by atoms with Crippen LogP contribution in [0, 0.1) is 6.92 Å². The maximum absolute atomic E-state index is 10.6. The van der Waals surface area contributed by atoms with Crippen LogP contribution in [0.5, 0.6) is 5.75 Å². The second-order valence-corrected chi connectivity index (χ2v) is 9.98. The van der Waals surface area contributed by atoms with Crippen LogP contribution in [0.1, 0.15) is 36.1 Å². The van der Waals surface area contributed by atoms with Crippen LogP contribution in [0.2, 0.25) is 0 Å². The van der Waals surface area contributed by atoms with Gasteiger partial charge in [-0.2, -0.15) is 0 Å². The summed E-state index contributed by atoms with van der Waals surface area (Å²) in [6, 6.07) is 17.4. The zero-order valence-electron chi connectivity index (χ0n) is 18.2. The van der Waals surface area contributed by atoms with Crippen LogP contribution < -0.4 is 4.74 Å². The number of likely N-dealkylation sites (tertiary alicyclic amines) is 1. The molecule has 1 aliphatic heterocycles. The van der Waals surface area contributed by atoms with E-state index in [2.05, 4.69) is 48.0 Å². The van der Waals surface area contributed by atoms with E-state index in [4.69, 9.17) is 4.74 Å². The lowest BCUT2D eigenvalue weighted by Crippen LogP contribution is -2.45. The van der Waals surface area contributed by atoms with Gasteiger partial charge >= 0.3 is 0 Å². The van der Waals surface area contributed by atoms with E-state index < -0.39 is 6.10 Å². The van der Waals surface area contributed by atoms with Crippen molar-refractivity contribution in [1.82, 2.24) is 9.88 Å². The zero-order valence-corrected chi connectivity index (χ0v) is 19.0. The Labute approximate surface area is 187 Å².